The molecule has 7 nitrogen and oxygen atoms in total. The number of benzene rings is 3. The van der Waals surface area contributed by atoms with E-state index in [0.717, 1.165) is 45.9 Å². The third kappa shape index (κ3) is 4.72. The van der Waals surface area contributed by atoms with Gasteiger partial charge in [0.2, 0.25) is 0 Å². The maximum absolute atomic E-state index is 13.2. The highest BCUT2D eigenvalue weighted by molar-refractivity contribution is 6.05. The molecule has 4 aromatic heterocycles. The summed E-state index contributed by atoms with van der Waals surface area (Å²) in [5.41, 5.74) is 5.10. The molecule has 0 amide bonds. The minimum atomic E-state index is -0.462. The minimum Gasteiger partial charge on any atom is -0.422 e. The molecule has 216 valence electrons. The van der Waals surface area contributed by atoms with E-state index in [1.54, 1.807) is 12.1 Å². The normalized spacial score (nSPS) is 11.4. The molecule has 0 aliphatic carbocycles. The van der Waals surface area contributed by atoms with Crippen LogP contribution in [0.1, 0.15) is 19.4 Å². The van der Waals surface area contributed by atoms with Gasteiger partial charge in [-0.05, 0) is 80.3 Å². The second-order valence-corrected chi connectivity index (χ2v) is 10.8. The lowest BCUT2D eigenvalue weighted by Gasteiger charge is -2.21. The molecular weight excluding hydrogens is 550 g/mol. The van der Waals surface area contributed by atoms with Crippen LogP contribution in [0.2, 0.25) is 0 Å². The first kappa shape index (κ1) is 27.3. The highest BCUT2D eigenvalue weighted by Crippen LogP contribution is 2.30. The molecule has 4 heterocycles. The summed E-state index contributed by atoms with van der Waals surface area (Å²) < 4.78 is 11.6. The van der Waals surface area contributed by atoms with Gasteiger partial charge < -0.3 is 13.7 Å². The van der Waals surface area contributed by atoms with Gasteiger partial charge in [-0.1, -0.05) is 42.5 Å². The fourth-order valence-corrected chi connectivity index (χ4v) is 5.79. The first-order valence-electron chi connectivity index (χ1n) is 14.7. The highest BCUT2D eigenvalue weighted by atomic mass is 16.4. The van der Waals surface area contributed by atoms with Crippen molar-refractivity contribution >= 4 is 38.4 Å². The molecule has 0 fully saturated rings. The third-order valence-electron chi connectivity index (χ3n) is 8.14. The summed E-state index contributed by atoms with van der Waals surface area (Å²) in [6, 6.07) is 30.4. The Bertz CT molecular complexity index is 2330. The summed E-state index contributed by atoms with van der Waals surface area (Å²) in [4.78, 5) is 38.1. The SMILES string of the molecule is CCN(CC)c1ccc2cc(-c3cccc(-c4cccc(-c5cc6ccc7c(C)cccc7c6oc5=O)n4)n3)c(=O)oc2c1. The second-order valence-electron chi connectivity index (χ2n) is 10.8. The Morgan fingerprint density at radius 2 is 1.20 bits per heavy atom. The average Bonchev–Trinajstić information content (AvgIpc) is 3.05. The maximum atomic E-state index is 13.2. The second kappa shape index (κ2) is 10.9. The number of aromatic nitrogens is 2. The molecule has 7 heteroatoms. The van der Waals surface area contributed by atoms with Crippen molar-refractivity contribution in [3.05, 3.63) is 123 Å². The zero-order chi connectivity index (χ0) is 30.4. The number of hydrogen-bond donors (Lipinski definition) is 0. The lowest BCUT2D eigenvalue weighted by atomic mass is 10.0. The van der Waals surface area contributed by atoms with Crippen molar-refractivity contribution < 1.29 is 8.83 Å². The molecule has 0 spiro atoms. The molecule has 7 rings (SSSR count). The van der Waals surface area contributed by atoms with Crippen molar-refractivity contribution in [2.75, 3.05) is 18.0 Å². The first-order chi connectivity index (χ1) is 21.4. The van der Waals surface area contributed by atoms with E-state index in [4.69, 9.17) is 18.8 Å². The van der Waals surface area contributed by atoms with E-state index in [1.807, 2.05) is 91.9 Å². The van der Waals surface area contributed by atoms with Crippen molar-refractivity contribution in [1.82, 2.24) is 9.97 Å². The van der Waals surface area contributed by atoms with E-state index < -0.39 is 11.3 Å². The molecule has 0 saturated heterocycles. The molecule has 0 aliphatic rings. The van der Waals surface area contributed by atoms with Crippen LogP contribution in [-0.4, -0.2) is 23.1 Å². The summed E-state index contributed by atoms with van der Waals surface area (Å²) in [6.07, 6.45) is 0. The van der Waals surface area contributed by atoms with Gasteiger partial charge >= 0.3 is 11.3 Å². The summed E-state index contributed by atoms with van der Waals surface area (Å²) in [5, 5.41) is 3.58. The molecular formula is C37H29N3O4. The van der Waals surface area contributed by atoms with Gasteiger partial charge in [0.25, 0.3) is 0 Å². The smallest absolute Gasteiger partial charge is 0.345 e. The Labute approximate surface area is 253 Å². The van der Waals surface area contributed by atoms with E-state index in [2.05, 4.69) is 18.7 Å². The maximum Gasteiger partial charge on any atom is 0.345 e. The van der Waals surface area contributed by atoms with Crippen molar-refractivity contribution in [1.29, 1.82) is 0 Å². The zero-order valence-electron chi connectivity index (χ0n) is 24.6. The highest BCUT2D eigenvalue weighted by Gasteiger charge is 2.15. The van der Waals surface area contributed by atoms with Gasteiger partial charge in [-0.2, -0.15) is 0 Å². The molecule has 3 aromatic carbocycles. The van der Waals surface area contributed by atoms with Crippen molar-refractivity contribution in [3.63, 3.8) is 0 Å². The minimum absolute atomic E-state index is 0.363. The van der Waals surface area contributed by atoms with Crippen molar-refractivity contribution in [2.45, 2.75) is 20.8 Å². The Hall–Kier alpha value is -5.56. The van der Waals surface area contributed by atoms with Crippen LogP contribution < -0.4 is 16.2 Å². The van der Waals surface area contributed by atoms with E-state index in [0.29, 0.717) is 45.1 Å². The fraction of sp³-hybridized carbons (Fsp3) is 0.135. The van der Waals surface area contributed by atoms with Crippen LogP contribution >= 0.6 is 0 Å². The number of anilines is 1. The number of fused-ring (bicyclic) bond motifs is 4. The lowest BCUT2D eigenvalue weighted by Crippen LogP contribution is -2.21. The molecule has 0 N–H and O–H groups in total. The summed E-state index contributed by atoms with van der Waals surface area (Å²) in [5.74, 6) is 0. The van der Waals surface area contributed by atoms with Gasteiger partial charge in [-0.15, -0.1) is 0 Å². The van der Waals surface area contributed by atoms with E-state index in [-0.39, 0.29) is 0 Å². The molecule has 0 saturated carbocycles. The van der Waals surface area contributed by atoms with Crippen LogP contribution in [0.15, 0.2) is 115 Å². The fourth-order valence-electron chi connectivity index (χ4n) is 5.79. The van der Waals surface area contributed by atoms with Crippen molar-refractivity contribution in [3.8, 4) is 33.9 Å². The molecule has 0 aliphatic heterocycles. The Kier molecular flexibility index (Phi) is 6.78. The van der Waals surface area contributed by atoms with Gasteiger partial charge in [0.1, 0.15) is 11.2 Å². The van der Waals surface area contributed by atoms with E-state index in [9.17, 15) is 9.59 Å². The summed E-state index contributed by atoms with van der Waals surface area (Å²) >= 11 is 0. The largest absolute Gasteiger partial charge is 0.422 e. The van der Waals surface area contributed by atoms with Gasteiger partial charge in [0, 0.05) is 41.0 Å². The first-order valence-corrected chi connectivity index (χ1v) is 14.7. The quantitative estimate of drug-likeness (QED) is 0.146. The molecule has 0 unspecified atom stereocenters. The predicted octanol–water partition coefficient (Wildman–Crippen LogP) is 8.00. The van der Waals surface area contributed by atoms with Crippen LogP contribution in [0.25, 0.3) is 66.6 Å². The number of pyridine rings is 2. The number of hydrogen-bond acceptors (Lipinski definition) is 7. The van der Waals surface area contributed by atoms with Crippen molar-refractivity contribution in [2.24, 2.45) is 0 Å². The summed E-state index contributed by atoms with van der Waals surface area (Å²) in [7, 11) is 0. The van der Waals surface area contributed by atoms with Gasteiger partial charge in [0.05, 0.1) is 33.9 Å². The van der Waals surface area contributed by atoms with Crippen LogP contribution in [0.3, 0.4) is 0 Å². The van der Waals surface area contributed by atoms with E-state index >= 15 is 0 Å². The van der Waals surface area contributed by atoms with Gasteiger partial charge in [0.15, 0.2) is 0 Å². The topological polar surface area (TPSA) is 89.4 Å². The average molecular weight is 580 g/mol. The molecule has 0 atom stereocenters. The standard InChI is InChI=1S/C37H29N3O4/c1-4-40(5-2)25-17-15-23-19-28(36(41)43-34(23)21-25)30-11-7-13-32(38-30)33-14-8-12-31(39-33)29-20-24-16-18-26-22(3)9-6-10-27(26)35(24)44-37(29)42/h6-21H,4-5H2,1-3H3. The van der Waals surface area contributed by atoms with Crippen LogP contribution in [-0.2, 0) is 0 Å². The Balaban J connectivity index is 1.27. The zero-order valence-corrected chi connectivity index (χ0v) is 24.6. The third-order valence-corrected chi connectivity index (χ3v) is 8.14. The molecule has 0 bridgehead atoms. The Morgan fingerprint density at radius 3 is 1.89 bits per heavy atom. The van der Waals surface area contributed by atoms with Gasteiger partial charge in [-0.25, -0.2) is 19.6 Å². The predicted molar refractivity (Wildman–Crippen MR) is 176 cm³/mol. The summed E-state index contributed by atoms with van der Waals surface area (Å²) in [6.45, 7) is 7.94. The lowest BCUT2D eigenvalue weighted by molar-refractivity contribution is 0.563. The van der Waals surface area contributed by atoms with E-state index in [1.165, 1.54) is 0 Å². The van der Waals surface area contributed by atoms with Crippen LogP contribution in [0, 0.1) is 6.92 Å². The molecule has 7 aromatic rings. The van der Waals surface area contributed by atoms with Crippen LogP contribution in [0.5, 0.6) is 0 Å². The monoisotopic (exact) mass is 579 g/mol. The van der Waals surface area contributed by atoms with Gasteiger partial charge in [-0.3, -0.25) is 0 Å². The molecule has 0 radical (unpaired) electrons. The Morgan fingerprint density at radius 1 is 0.614 bits per heavy atom. The number of nitrogens with zero attached hydrogens (tertiary/aromatic N) is 3. The van der Waals surface area contributed by atoms with Crippen LogP contribution in [0.4, 0.5) is 5.69 Å². The number of aryl methyl sites for hydroxylation is 1. The number of rotatable bonds is 6. The molecule has 44 heavy (non-hydrogen) atoms.